The summed E-state index contributed by atoms with van der Waals surface area (Å²) in [5.41, 5.74) is 3.63. The molecular formula is C20H23N3O3. The summed E-state index contributed by atoms with van der Waals surface area (Å²) < 4.78 is 0. The van der Waals surface area contributed by atoms with Gasteiger partial charge >= 0.3 is 0 Å². The minimum atomic E-state index is -0.435. The van der Waals surface area contributed by atoms with Crippen LogP contribution < -0.4 is 10.2 Å². The quantitative estimate of drug-likeness (QED) is 0.615. The Bertz CT molecular complexity index is 859. The molecule has 1 N–H and O–H groups in total. The number of hydrogen-bond acceptors (Lipinski definition) is 4. The molecule has 26 heavy (non-hydrogen) atoms. The van der Waals surface area contributed by atoms with Crippen molar-refractivity contribution in [2.45, 2.75) is 39.7 Å². The van der Waals surface area contributed by atoms with Gasteiger partial charge in [0.15, 0.2) is 0 Å². The first-order chi connectivity index (χ1) is 12.4. The average molecular weight is 353 g/mol. The van der Waals surface area contributed by atoms with E-state index in [0.717, 1.165) is 29.7 Å². The standard InChI is InChI=1S/C20H23N3O3/c1-4-22(18-11-13(2)5-6-14(18)3)20(24)15-7-10-17(21-16-8-9-16)19(12-15)23(25)26/h5-7,10-12,16,21H,4,8-9H2,1-3H3. The molecule has 0 aromatic heterocycles. The van der Waals surface area contributed by atoms with E-state index >= 15 is 0 Å². The molecule has 136 valence electrons. The highest BCUT2D eigenvalue weighted by molar-refractivity contribution is 6.07. The molecule has 2 aromatic rings. The molecule has 0 spiro atoms. The third-order valence-electron chi connectivity index (χ3n) is 4.60. The van der Waals surface area contributed by atoms with E-state index in [4.69, 9.17) is 0 Å². The Morgan fingerprint density at radius 1 is 1.23 bits per heavy atom. The SMILES string of the molecule is CCN(C(=O)c1ccc(NC2CC2)c([N+](=O)[O-])c1)c1cc(C)ccc1C. The smallest absolute Gasteiger partial charge is 0.293 e. The Labute approximate surface area is 153 Å². The third kappa shape index (κ3) is 3.69. The van der Waals surface area contributed by atoms with Crippen LogP contribution in [-0.4, -0.2) is 23.4 Å². The van der Waals surface area contributed by atoms with Gasteiger partial charge in [0, 0.05) is 29.9 Å². The van der Waals surface area contributed by atoms with E-state index < -0.39 is 4.92 Å². The predicted octanol–water partition coefficient (Wildman–Crippen LogP) is 4.45. The molecule has 0 aliphatic heterocycles. The van der Waals surface area contributed by atoms with Crippen LogP contribution in [0, 0.1) is 24.0 Å². The Kier molecular flexibility index (Phi) is 4.93. The number of amides is 1. The van der Waals surface area contributed by atoms with E-state index in [1.54, 1.807) is 17.0 Å². The number of rotatable bonds is 6. The summed E-state index contributed by atoms with van der Waals surface area (Å²) in [5.74, 6) is -0.234. The fraction of sp³-hybridized carbons (Fsp3) is 0.350. The Balaban J connectivity index is 1.95. The summed E-state index contributed by atoms with van der Waals surface area (Å²) in [6.45, 7) is 6.32. The van der Waals surface area contributed by atoms with Crippen LogP contribution in [0.2, 0.25) is 0 Å². The van der Waals surface area contributed by atoms with E-state index in [1.165, 1.54) is 6.07 Å². The molecule has 6 heteroatoms. The van der Waals surface area contributed by atoms with E-state index in [0.29, 0.717) is 23.8 Å². The van der Waals surface area contributed by atoms with Crippen molar-refractivity contribution in [3.63, 3.8) is 0 Å². The first-order valence-corrected chi connectivity index (χ1v) is 8.84. The number of benzene rings is 2. The molecule has 2 aromatic carbocycles. The van der Waals surface area contributed by atoms with Crippen LogP contribution in [0.3, 0.4) is 0 Å². The van der Waals surface area contributed by atoms with Crippen LogP contribution >= 0.6 is 0 Å². The lowest BCUT2D eigenvalue weighted by molar-refractivity contribution is -0.384. The van der Waals surface area contributed by atoms with Crippen molar-refractivity contribution in [3.8, 4) is 0 Å². The van der Waals surface area contributed by atoms with Gasteiger partial charge in [-0.05, 0) is 62.9 Å². The first kappa shape index (κ1) is 17.9. The number of anilines is 2. The molecule has 1 aliphatic carbocycles. The number of nitrogens with zero attached hydrogens (tertiary/aromatic N) is 2. The molecular weight excluding hydrogens is 330 g/mol. The predicted molar refractivity (Wildman–Crippen MR) is 103 cm³/mol. The summed E-state index contributed by atoms with van der Waals surface area (Å²) in [5, 5.41) is 14.6. The largest absolute Gasteiger partial charge is 0.377 e. The van der Waals surface area contributed by atoms with Crippen molar-refractivity contribution in [2.75, 3.05) is 16.8 Å². The minimum absolute atomic E-state index is 0.0558. The van der Waals surface area contributed by atoms with Crippen molar-refractivity contribution < 1.29 is 9.72 Å². The molecule has 1 amide bonds. The third-order valence-corrected chi connectivity index (χ3v) is 4.60. The summed E-state index contributed by atoms with van der Waals surface area (Å²) in [6.07, 6.45) is 2.04. The van der Waals surface area contributed by atoms with Crippen molar-refractivity contribution in [1.82, 2.24) is 0 Å². The molecule has 1 saturated carbocycles. The van der Waals surface area contributed by atoms with E-state index in [9.17, 15) is 14.9 Å². The van der Waals surface area contributed by atoms with Crippen molar-refractivity contribution in [2.24, 2.45) is 0 Å². The molecule has 0 unspecified atom stereocenters. The second kappa shape index (κ2) is 7.15. The number of carbonyl (C=O) groups excluding carboxylic acids is 1. The number of hydrogen-bond donors (Lipinski definition) is 1. The highest BCUT2D eigenvalue weighted by atomic mass is 16.6. The number of aryl methyl sites for hydroxylation is 2. The molecule has 0 bridgehead atoms. The fourth-order valence-corrected chi connectivity index (χ4v) is 2.97. The number of nitro benzene ring substituents is 1. The fourth-order valence-electron chi connectivity index (χ4n) is 2.97. The highest BCUT2D eigenvalue weighted by Crippen LogP contribution is 2.32. The van der Waals surface area contributed by atoms with Crippen molar-refractivity contribution in [1.29, 1.82) is 0 Å². The molecule has 0 heterocycles. The van der Waals surface area contributed by atoms with Gasteiger partial charge in [-0.2, -0.15) is 0 Å². The zero-order chi connectivity index (χ0) is 18.8. The molecule has 0 radical (unpaired) electrons. The summed E-state index contributed by atoms with van der Waals surface area (Å²) in [6, 6.07) is 10.9. The number of carbonyl (C=O) groups is 1. The minimum Gasteiger partial charge on any atom is -0.377 e. The second-order valence-corrected chi connectivity index (χ2v) is 6.75. The van der Waals surface area contributed by atoms with E-state index in [1.807, 2.05) is 39.0 Å². The molecule has 0 atom stereocenters. The topological polar surface area (TPSA) is 75.5 Å². The van der Waals surface area contributed by atoms with Gasteiger partial charge in [0.1, 0.15) is 5.69 Å². The zero-order valence-corrected chi connectivity index (χ0v) is 15.3. The molecule has 1 fully saturated rings. The maximum atomic E-state index is 13.0. The van der Waals surface area contributed by atoms with Gasteiger partial charge < -0.3 is 10.2 Å². The van der Waals surface area contributed by atoms with Crippen molar-refractivity contribution >= 4 is 23.0 Å². The van der Waals surface area contributed by atoms with Gasteiger partial charge in [0.2, 0.25) is 0 Å². The van der Waals surface area contributed by atoms with Crippen LogP contribution in [0.1, 0.15) is 41.3 Å². The van der Waals surface area contributed by atoms with Crippen LogP contribution in [0.15, 0.2) is 36.4 Å². The van der Waals surface area contributed by atoms with Crippen LogP contribution in [-0.2, 0) is 0 Å². The summed E-state index contributed by atoms with van der Waals surface area (Å²) in [7, 11) is 0. The lowest BCUT2D eigenvalue weighted by Gasteiger charge is -2.23. The lowest BCUT2D eigenvalue weighted by Crippen LogP contribution is -2.31. The van der Waals surface area contributed by atoms with Gasteiger partial charge in [-0.1, -0.05) is 12.1 Å². The van der Waals surface area contributed by atoms with Gasteiger partial charge in [0.05, 0.1) is 4.92 Å². The first-order valence-electron chi connectivity index (χ1n) is 8.84. The molecule has 3 rings (SSSR count). The summed E-state index contributed by atoms with van der Waals surface area (Å²) >= 11 is 0. The van der Waals surface area contributed by atoms with Gasteiger partial charge in [0.25, 0.3) is 11.6 Å². The van der Waals surface area contributed by atoms with Crippen molar-refractivity contribution in [3.05, 3.63) is 63.2 Å². The maximum absolute atomic E-state index is 13.0. The van der Waals surface area contributed by atoms with E-state index in [-0.39, 0.29) is 11.6 Å². The van der Waals surface area contributed by atoms with Crippen LogP contribution in [0.5, 0.6) is 0 Å². The van der Waals surface area contributed by atoms with Crippen LogP contribution in [0.25, 0.3) is 0 Å². The average Bonchev–Trinajstić information content (AvgIpc) is 3.42. The molecule has 0 saturated heterocycles. The molecule has 6 nitrogen and oxygen atoms in total. The highest BCUT2D eigenvalue weighted by Gasteiger charge is 2.26. The van der Waals surface area contributed by atoms with Gasteiger partial charge in [-0.15, -0.1) is 0 Å². The number of nitro groups is 1. The Morgan fingerprint density at radius 3 is 2.58 bits per heavy atom. The number of nitrogens with one attached hydrogen (secondary N) is 1. The van der Waals surface area contributed by atoms with Crippen LogP contribution in [0.4, 0.5) is 17.1 Å². The normalized spacial score (nSPS) is 13.3. The van der Waals surface area contributed by atoms with Gasteiger partial charge in [-0.25, -0.2) is 0 Å². The van der Waals surface area contributed by atoms with Gasteiger partial charge in [-0.3, -0.25) is 14.9 Å². The monoisotopic (exact) mass is 353 g/mol. The Morgan fingerprint density at radius 2 is 1.96 bits per heavy atom. The second-order valence-electron chi connectivity index (χ2n) is 6.75. The van der Waals surface area contributed by atoms with E-state index in [2.05, 4.69) is 5.32 Å². The molecule has 1 aliphatic rings. The zero-order valence-electron chi connectivity index (χ0n) is 15.3. The maximum Gasteiger partial charge on any atom is 0.293 e. The Hall–Kier alpha value is -2.89. The summed E-state index contributed by atoms with van der Waals surface area (Å²) in [4.78, 5) is 25.7. The lowest BCUT2D eigenvalue weighted by atomic mass is 10.1.